The first kappa shape index (κ1) is 10.2. The lowest BCUT2D eigenvalue weighted by Gasteiger charge is -2.04. The average molecular weight is 196 g/mol. The van der Waals surface area contributed by atoms with Crippen molar-refractivity contribution in [2.75, 3.05) is 5.43 Å². The highest BCUT2D eigenvalue weighted by molar-refractivity contribution is 5.86. The fourth-order valence-corrected chi connectivity index (χ4v) is 0.987. The van der Waals surface area contributed by atoms with E-state index in [1.54, 1.807) is 6.07 Å². The van der Waals surface area contributed by atoms with Crippen molar-refractivity contribution < 1.29 is 14.3 Å². The number of carboxylic acids is 1. The summed E-state index contributed by atoms with van der Waals surface area (Å²) in [5.41, 5.74) is 2.73. The van der Waals surface area contributed by atoms with Crippen molar-refractivity contribution in [2.24, 2.45) is 5.84 Å². The number of anilines is 1. The maximum atomic E-state index is 13.1. The fraction of sp³-hybridized carbons (Fsp3) is 0. The van der Waals surface area contributed by atoms with Crippen LogP contribution in [0, 0.1) is 5.82 Å². The molecule has 0 aliphatic rings. The summed E-state index contributed by atoms with van der Waals surface area (Å²) in [5.74, 6) is 3.46. The van der Waals surface area contributed by atoms with Crippen LogP contribution in [0.25, 0.3) is 6.08 Å². The molecule has 0 radical (unpaired) electrons. The van der Waals surface area contributed by atoms with Crippen molar-refractivity contribution in [1.29, 1.82) is 0 Å². The maximum absolute atomic E-state index is 13.1. The van der Waals surface area contributed by atoms with Crippen LogP contribution in [-0.4, -0.2) is 11.1 Å². The average Bonchev–Trinajstić information content (AvgIpc) is 2.15. The number of rotatable bonds is 3. The number of carbonyl (C=O) groups is 1. The molecule has 0 amide bonds. The molecule has 0 saturated carbocycles. The van der Waals surface area contributed by atoms with Gasteiger partial charge in [-0.15, -0.1) is 0 Å². The van der Waals surface area contributed by atoms with E-state index in [9.17, 15) is 9.18 Å². The molecule has 0 spiro atoms. The van der Waals surface area contributed by atoms with E-state index in [4.69, 9.17) is 10.9 Å². The van der Waals surface area contributed by atoms with Crippen LogP contribution in [0.2, 0.25) is 0 Å². The molecule has 5 heteroatoms. The lowest BCUT2D eigenvalue weighted by molar-refractivity contribution is -0.131. The lowest BCUT2D eigenvalue weighted by Crippen LogP contribution is -2.08. The molecule has 0 bridgehead atoms. The third-order valence-corrected chi connectivity index (χ3v) is 1.60. The topological polar surface area (TPSA) is 75.3 Å². The Hall–Kier alpha value is -1.88. The Morgan fingerprint density at radius 1 is 1.57 bits per heavy atom. The Morgan fingerprint density at radius 2 is 2.29 bits per heavy atom. The second-order valence-electron chi connectivity index (χ2n) is 2.52. The van der Waals surface area contributed by atoms with Gasteiger partial charge >= 0.3 is 5.97 Å². The van der Waals surface area contributed by atoms with E-state index in [-0.39, 0.29) is 5.56 Å². The molecule has 0 fully saturated rings. The molecule has 1 aromatic carbocycles. The molecule has 1 aromatic rings. The number of hydrogen-bond donors (Lipinski definition) is 3. The number of nitrogens with one attached hydrogen (secondary N) is 1. The zero-order valence-corrected chi connectivity index (χ0v) is 7.20. The lowest BCUT2D eigenvalue weighted by atomic mass is 10.1. The van der Waals surface area contributed by atoms with Gasteiger partial charge in [0, 0.05) is 11.6 Å². The minimum Gasteiger partial charge on any atom is -0.478 e. The molecule has 4 nitrogen and oxygen atoms in total. The second kappa shape index (κ2) is 4.38. The largest absolute Gasteiger partial charge is 0.478 e. The van der Waals surface area contributed by atoms with Crippen molar-refractivity contribution in [3.05, 3.63) is 35.7 Å². The summed E-state index contributed by atoms with van der Waals surface area (Å²) in [6.07, 6.45) is 1.99. The van der Waals surface area contributed by atoms with Crippen LogP contribution in [0.5, 0.6) is 0 Å². The number of hydrazine groups is 1. The first-order chi connectivity index (χ1) is 6.65. The fourth-order valence-electron chi connectivity index (χ4n) is 0.987. The van der Waals surface area contributed by atoms with Crippen molar-refractivity contribution in [2.45, 2.75) is 0 Å². The maximum Gasteiger partial charge on any atom is 0.328 e. The van der Waals surface area contributed by atoms with Crippen molar-refractivity contribution in [1.82, 2.24) is 0 Å². The van der Waals surface area contributed by atoms with Crippen molar-refractivity contribution in [3.8, 4) is 0 Å². The Labute approximate surface area is 79.8 Å². The van der Waals surface area contributed by atoms with Crippen LogP contribution in [0.4, 0.5) is 10.1 Å². The Bertz CT molecular complexity index is 377. The predicted molar refractivity (Wildman–Crippen MR) is 50.9 cm³/mol. The standard InChI is InChI=1S/C9H9FN2O2/c10-7-2-1-3-8(12-11)6(7)4-5-9(13)14/h1-5,12H,11H2,(H,13,14)/b5-4+. The summed E-state index contributed by atoms with van der Waals surface area (Å²) in [4.78, 5) is 10.2. The van der Waals surface area contributed by atoms with Gasteiger partial charge in [-0.05, 0) is 18.2 Å². The molecule has 74 valence electrons. The predicted octanol–water partition coefficient (Wildman–Crippen LogP) is 1.21. The Morgan fingerprint density at radius 3 is 2.86 bits per heavy atom. The minimum absolute atomic E-state index is 0.123. The van der Waals surface area contributed by atoms with Gasteiger partial charge in [0.05, 0.1) is 5.69 Å². The van der Waals surface area contributed by atoms with Crippen LogP contribution in [0.3, 0.4) is 0 Å². The highest BCUT2D eigenvalue weighted by Gasteiger charge is 2.03. The Balaban J connectivity index is 3.11. The first-order valence-electron chi connectivity index (χ1n) is 3.81. The zero-order valence-electron chi connectivity index (χ0n) is 7.20. The molecule has 0 atom stereocenters. The van der Waals surface area contributed by atoms with Gasteiger partial charge in [-0.1, -0.05) is 6.07 Å². The molecule has 4 N–H and O–H groups in total. The molecule has 0 aliphatic heterocycles. The van der Waals surface area contributed by atoms with Crippen molar-refractivity contribution >= 4 is 17.7 Å². The summed E-state index contributed by atoms with van der Waals surface area (Å²) < 4.78 is 13.1. The van der Waals surface area contributed by atoms with Crippen LogP contribution < -0.4 is 11.3 Å². The molecule has 0 unspecified atom stereocenters. The normalized spacial score (nSPS) is 10.4. The van der Waals surface area contributed by atoms with Crippen LogP contribution in [0.15, 0.2) is 24.3 Å². The first-order valence-corrected chi connectivity index (χ1v) is 3.81. The summed E-state index contributed by atoms with van der Waals surface area (Å²) in [6.45, 7) is 0. The second-order valence-corrected chi connectivity index (χ2v) is 2.52. The quantitative estimate of drug-likeness (QED) is 0.386. The number of aliphatic carboxylic acids is 1. The zero-order chi connectivity index (χ0) is 10.6. The van der Waals surface area contributed by atoms with E-state index in [1.165, 1.54) is 12.1 Å². The SMILES string of the molecule is NNc1cccc(F)c1/C=C/C(=O)O. The Kier molecular flexibility index (Phi) is 3.19. The van der Waals surface area contributed by atoms with E-state index in [1.807, 2.05) is 0 Å². The summed E-state index contributed by atoms with van der Waals surface area (Å²) in [6, 6.07) is 4.25. The summed E-state index contributed by atoms with van der Waals surface area (Å²) in [7, 11) is 0. The van der Waals surface area contributed by atoms with Gasteiger partial charge in [-0.25, -0.2) is 9.18 Å². The van der Waals surface area contributed by atoms with Gasteiger partial charge in [0.15, 0.2) is 0 Å². The van der Waals surface area contributed by atoms with Gasteiger partial charge < -0.3 is 10.5 Å². The monoisotopic (exact) mass is 196 g/mol. The van der Waals surface area contributed by atoms with E-state index >= 15 is 0 Å². The molecule has 0 aromatic heterocycles. The number of nitrogen functional groups attached to an aromatic ring is 1. The van der Waals surface area contributed by atoms with E-state index in [0.717, 1.165) is 12.2 Å². The minimum atomic E-state index is -1.14. The number of halogens is 1. The van der Waals surface area contributed by atoms with E-state index in [2.05, 4.69) is 5.43 Å². The van der Waals surface area contributed by atoms with Gasteiger partial charge in [0.25, 0.3) is 0 Å². The van der Waals surface area contributed by atoms with Gasteiger partial charge in [0.1, 0.15) is 5.82 Å². The summed E-state index contributed by atoms with van der Waals surface area (Å²) in [5, 5.41) is 8.37. The molecular weight excluding hydrogens is 187 g/mol. The summed E-state index contributed by atoms with van der Waals surface area (Å²) >= 11 is 0. The highest BCUT2D eigenvalue weighted by atomic mass is 19.1. The van der Waals surface area contributed by atoms with E-state index < -0.39 is 11.8 Å². The molecule has 0 saturated heterocycles. The third-order valence-electron chi connectivity index (χ3n) is 1.60. The third kappa shape index (κ3) is 2.30. The van der Waals surface area contributed by atoms with Gasteiger partial charge in [-0.3, -0.25) is 5.84 Å². The number of hydrogen-bond acceptors (Lipinski definition) is 3. The smallest absolute Gasteiger partial charge is 0.328 e. The molecule has 1 rings (SSSR count). The molecule has 0 aliphatic carbocycles. The molecule has 14 heavy (non-hydrogen) atoms. The van der Waals surface area contributed by atoms with Crippen molar-refractivity contribution in [3.63, 3.8) is 0 Å². The molecular formula is C9H9FN2O2. The van der Waals surface area contributed by atoms with Crippen LogP contribution in [-0.2, 0) is 4.79 Å². The van der Waals surface area contributed by atoms with Crippen LogP contribution in [0.1, 0.15) is 5.56 Å². The van der Waals surface area contributed by atoms with Gasteiger partial charge in [0.2, 0.25) is 0 Å². The van der Waals surface area contributed by atoms with Crippen LogP contribution >= 0.6 is 0 Å². The van der Waals surface area contributed by atoms with Gasteiger partial charge in [-0.2, -0.15) is 0 Å². The number of nitrogens with two attached hydrogens (primary N) is 1. The molecule has 0 heterocycles. The number of benzene rings is 1. The number of carboxylic acid groups (broad SMARTS) is 1. The highest BCUT2D eigenvalue weighted by Crippen LogP contribution is 2.19. The van der Waals surface area contributed by atoms with E-state index in [0.29, 0.717) is 5.69 Å².